The average molecular weight is 463 g/mol. The van der Waals surface area contributed by atoms with E-state index in [0.29, 0.717) is 12.2 Å². The second-order valence-corrected chi connectivity index (χ2v) is 9.03. The Hall–Kier alpha value is -3.45. The summed E-state index contributed by atoms with van der Waals surface area (Å²) < 4.78 is 5.73. The summed E-state index contributed by atoms with van der Waals surface area (Å²) in [7, 11) is 0. The van der Waals surface area contributed by atoms with Crippen molar-refractivity contribution in [2.45, 2.75) is 39.8 Å². The molecule has 1 aromatic carbocycles. The number of amides is 1. The number of hydrogen-bond acceptors (Lipinski definition) is 6. The number of aromatic nitrogens is 1. The second-order valence-electron chi connectivity index (χ2n) is 8.08. The lowest BCUT2D eigenvalue weighted by Gasteiger charge is -2.25. The zero-order valence-electron chi connectivity index (χ0n) is 18.9. The zero-order valence-corrected chi connectivity index (χ0v) is 19.7. The minimum absolute atomic E-state index is 0.107. The van der Waals surface area contributed by atoms with Crippen molar-refractivity contribution < 1.29 is 19.4 Å². The molecule has 4 rings (SSSR count). The van der Waals surface area contributed by atoms with Crippen molar-refractivity contribution in [3.05, 3.63) is 86.9 Å². The number of rotatable bonds is 7. The highest BCUT2D eigenvalue weighted by atomic mass is 32.1. The molecule has 1 aliphatic heterocycles. The lowest BCUT2D eigenvalue weighted by Crippen LogP contribution is -2.29. The SMILES string of the molecule is CCCOc1ccc(/C(O)=C2/C(=O)C(=O)N(Cc3cccnc3)C2c2sccc2C)cc1C. The molecule has 0 radical (unpaired) electrons. The van der Waals surface area contributed by atoms with E-state index < -0.39 is 17.7 Å². The third-order valence-electron chi connectivity index (χ3n) is 5.68. The molecule has 33 heavy (non-hydrogen) atoms. The molecule has 0 spiro atoms. The third-order valence-corrected chi connectivity index (χ3v) is 6.75. The fourth-order valence-corrected chi connectivity index (χ4v) is 5.04. The van der Waals surface area contributed by atoms with Crippen LogP contribution in [0.4, 0.5) is 0 Å². The number of ether oxygens (including phenoxy) is 1. The maximum absolute atomic E-state index is 13.2. The fraction of sp³-hybridized carbons (Fsp3) is 0.269. The smallest absolute Gasteiger partial charge is 0.295 e. The molecule has 1 fully saturated rings. The lowest BCUT2D eigenvalue weighted by atomic mass is 9.97. The van der Waals surface area contributed by atoms with Crippen molar-refractivity contribution in [1.29, 1.82) is 0 Å². The van der Waals surface area contributed by atoms with Crippen molar-refractivity contribution in [2.24, 2.45) is 0 Å². The predicted octanol–water partition coefficient (Wildman–Crippen LogP) is 5.17. The van der Waals surface area contributed by atoms with Crippen LogP contribution in [0.1, 0.15) is 46.5 Å². The molecule has 1 saturated heterocycles. The van der Waals surface area contributed by atoms with Crippen LogP contribution in [0.3, 0.4) is 0 Å². The van der Waals surface area contributed by atoms with Crippen LogP contribution in [0.25, 0.3) is 5.76 Å². The van der Waals surface area contributed by atoms with E-state index in [1.807, 2.05) is 38.3 Å². The number of thiophene rings is 1. The van der Waals surface area contributed by atoms with Gasteiger partial charge in [-0.05, 0) is 72.7 Å². The Morgan fingerprint density at radius 3 is 2.64 bits per heavy atom. The van der Waals surface area contributed by atoms with Gasteiger partial charge in [0.15, 0.2) is 0 Å². The van der Waals surface area contributed by atoms with Gasteiger partial charge in [0.25, 0.3) is 11.7 Å². The Morgan fingerprint density at radius 2 is 2.00 bits per heavy atom. The van der Waals surface area contributed by atoms with Crippen molar-refractivity contribution >= 4 is 28.8 Å². The van der Waals surface area contributed by atoms with Gasteiger partial charge in [-0.25, -0.2) is 0 Å². The van der Waals surface area contributed by atoms with Gasteiger partial charge in [0, 0.05) is 29.4 Å². The molecule has 0 aliphatic carbocycles. The van der Waals surface area contributed by atoms with Crippen molar-refractivity contribution in [3.8, 4) is 5.75 Å². The predicted molar refractivity (Wildman–Crippen MR) is 128 cm³/mol. The molecule has 7 heteroatoms. The molecule has 1 N–H and O–H groups in total. The summed E-state index contributed by atoms with van der Waals surface area (Å²) in [5.74, 6) is -0.753. The van der Waals surface area contributed by atoms with Gasteiger partial charge in [-0.15, -0.1) is 11.3 Å². The summed E-state index contributed by atoms with van der Waals surface area (Å²) >= 11 is 1.47. The molecule has 0 bridgehead atoms. The summed E-state index contributed by atoms with van der Waals surface area (Å²) in [6.07, 6.45) is 4.23. The Morgan fingerprint density at radius 1 is 1.18 bits per heavy atom. The summed E-state index contributed by atoms with van der Waals surface area (Å²) in [5.41, 5.74) is 3.22. The van der Waals surface area contributed by atoms with E-state index >= 15 is 0 Å². The normalized spacial score (nSPS) is 17.5. The van der Waals surface area contributed by atoms with Crippen LogP contribution in [-0.4, -0.2) is 33.3 Å². The fourth-order valence-electron chi connectivity index (χ4n) is 3.99. The molecule has 1 unspecified atom stereocenters. The number of pyridine rings is 1. The lowest BCUT2D eigenvalue weighted by molar-refractivity contribution is -0.140. The van der Waals surface area contributed by atoms with Gasteiger partial charge in [0.1, 0.15) is 17.6 Å². The number of hydrogen-bond donors (Lipinski definition) is 1. The summed E-state index contributed by atoms with van der Waals surface area (Å²) in [6, 6.07) is 10.2. The van der Waals surface area contributed by atoms with E-state index in [2.05, 4.69) is 4.98 Å². The van der Waals surface area contributed by atoms with Crippen molar-refractivity contribution in [2.75, 3.05) is 6.61 Å². The van der Waals surface area contributed by atoms with E-state index in [9.17, 15) is 14.7 Å². The highest BCUT2D eigenvalue weighted by Gasteiger charge is 2.47. The molecule has 1 amide bonds. The Balaban J connectivity index is 1.80. The first kappa shape index (κ1) is 22.7. The number of nitrogens with zero attached hydrogens (tertiary/aromatic N) is 2. The molecular formula is C26H26N2O4S. The first-order valence-corrected chi connectivity index (χ1v) is 11.8. The number of carbonyl (C=O) groups is 2. The number of Topliss-reactive ketones (excluding diaryl/α,β-unsaturated/α-hetero) is 1. The summed E-state index contributed by atoms with van der Waals surface area (Å²) in [4.78, 5) is 32.8. The molecule has 0 saturated carbocycles. The van der Waals surface area contributed by atoms with Crippen LogP contribution in [0.2, 0.25) is 0 Å². The molecule has 170 valence electrons. The summed E-state index contributed by atoms with van der Waals surface area (Å²) in [5, 5.41) is 13.2. The monoisotopic (exact) mass is 462 g/mol. The third kappa shape index (κ3) is 4.41. The maximum atomic E-state index is 13.2. The standard InChI is InChI=1S/C26H26N2O4S/c1-4-11-32-20-8-7-19(13-17(20)3)23(29)21-22(25-16(2)9-12-33-25)28(26(31)24(21)30)15-18-6-5-10-27-14-18/h5-10,12-14,22,29H,4,11,15H2,1-3H3/b23-21-. The van der Waals surface area contributed by atoms with Gasteiger partial charge in [0.05, 0.1) is 12.2 Å². The summed E-state index contributed by atoms with van der Waals surface area (Å²) in [6.45, 7) is 6.69. The molecule has 3 heterocycles. The van der Waals surface area contributed by atoms with E-state index in [1.165, 1.54) is 16.2 Å². The molecule has 2 aromatic heterocycles. The van der Waals surface area contributed by atoms with Crippen LogP contribution in [0.5, 0.6) is 5.75 Å². The molecule has 1 aliphatic rings. The minimum Gasteiger partial charge on any atom is -0.507 e. The minimum atomic E-state index is -0.682. The number of aliphatic hydroxyl groups is 1. The Kier molecular flexibility index (Phi) is 6.60. The molecule has 3 aromatic rings. The highest BCUT2D eigenvalue weighted by Crippen LogP contribution is 2.43. The van der Waals surface area contributed by atoms with Crippen LogP contribution in [0.15, 0.2) is 59.7 Å². The van der Waals surface area contributed by atoms with Crippen LogP contribution < -0.4 is 4.74 Å². The van der Waals surface area contributed by atoms with Crippen LogP contribution in [-0.2, 0) is 16.1 Å². The topological polar surface area (TPSA) is 79.7 Å². The number of likely N-dealkylation sites (tertiary alicyclic amines) is 1. The van der Waals surface area contributed by atoms with E-state index in [1.54, 1.807) is 36.7 Å². The van der Waals surface area contributed by atoms with E-state index in [0.717, 1.165) is 33.7 Å². The first-order valence-electron chi connectivity index (χ1n) is 10.9. The van der Waals surface area contributed by atoms with E-state index in [-0.39, 0.29) is 17.9 Å². The quantitative estimate of drug-likeness (QED) is 0.298. The van der Waals surface area contributed by atoms with Gasteiger partial charge in [-0.2, -0.15) is 0 Å². The van der Waals surface area contributed by atoms with Crippen LogP contribution >= 0.6 is 11.3 Å². The van der Waals surface area contributed by atoms with Gasteiger partial charge >= 0.3 is 0 Å². The average Bonchev–Trinajstić information content (AvgIpc) is 3.34. The first-order chi connectivity index (χ1) is 15.9. The van der Waals surface area contributed by atoms with Crippen molar-refractivity contribution in [1.82, 2.24) is 9.88 Å². The largest absolute Gasteiger partial charge is 0.507 e. The zero-order chi connectivity index (χ0) is 23.5. The molecule has 1 atom stereocenters. The van der Waals surface area contributed by atoms with Gasteiger partial charge in [0.2, 0.25) is 0 Å². The second kappa shape index (κ2) is 9.58. The number of benzene rings is 1. The number of ketones is 1. The van der Waals surface area contributed by atoms with Crippen LogP contribution in [0, 0.1) is 13.8 Å². The highest BCUT2D eigenvalue weighted by molar-refractivity contribution is 7.10. The number of carbonyl (C=O) groups excluding carboxylic acids is 2. The number of aliphatic hydroxyl groups excluding tert-OH is 1. The van der Waals surface area contributed by atoms with Crippen molar-refractivity contribution in [3.63, 3.8) is 0 Å². The molecular weight excluding hydrogens is 436 g/mol. The Labute approximate surface area is 197 Å². The van der Waals surface area contributed by atoms with Gasteiger partial charge in [-0.1, -0.05) is 13.0 Å². The molecule has 6 nitrogen and oxygen atoms in total. The number of aryl methyl sites for hydroxylation is 2. The maximum Gasteiger partial charge on any atom is 0.295 e. The van der Waals surface area contributed by atoms with Gasteiger partial charge in [-0.3, -0.25) is 14.6 Å². The Bertz CT molecular complexity index is 1220. The van der Waals surface area contributed by atoms with E-state index in [4.69, 9.17) is 4.74 Å². The van der Waals surface area contributed by atoms with Gasteiger partial charge < -0.3 is 14.7 Å².